The molecule has 2 aliphatic carbocycles. The molecule has 0 N–H and O–H groups in total. The van der Waals surface area contributed by atoms with Crippen LogP contribution in [0.3, 0.4) is 0 Å². The number of hydrogen-bond acceptors (Lipinski definition) is 1. The molecular formula is C15H23N. The van der Waals surface area contributed by atoms with Crippen molar-refractivity contribution in [1.82, 2.24) is 4.98 Å². The van der Waals surface area contributed by atoms with Crippen LogP contribution in [0.1, 0.15) is 67.1 Å². The van der Waals surface area contributed by atoms with Gasteiger partial charge < -0.3 is 0 Å². The SMILES string of the molecule is CC.Cc1c(C2CC2)nc2c(c1C)CCC2. The van der Waals surface area contributed by atoms with Crippen LogP contribution >= 0.6 is 0 Å². The number of aryl methyl sites for hydroxylation is 1. The lowest BCUT2D eigenvalue weighted by molar-refractivity contribution is 0.888. The van der Waals surface area contributed by atoms with Gasteiger partial charge in [-0.2, -0.15) is 0 Å². The minimum atomic E-state index is 0.805. The lowest BCUT2D eigenvalue weighted by atomic mass is 10.00. The van der Waals surface area contributed by atoms with E-state index in [1.165, 1.54) is 54.6 Å². The van der Waals surface area contributed by atoms with Crippen LogP contribution in [0.4, 0.5) is 0 Å². The van der Waals surface area contributed by atoms with E-state index in [9.17, 15) is 0 Å². The number of hydrogen-bond donors (Lipinski definition) is 0. The second kappa shape index (κ2) is 4.57. The first-order valence-corrected chi connectivity index (χ1v) is 6.76. The van der Waals surface area contributed by atoms with Crippen LogP contribution in [-0.4, -0.2) is 4.98 Å². The Labute approximate surface area is 99.3 Å². The van der Waals surface area contributed by atoms with Crippen LogP contribution < -0.4 is 0 Å². The van der Waals surface area contributed by atoms with E-state index in [-0.39, 0.29) is 0 Å². The summed E-state index contributed by atoms with van der Waals surface area (Å²) in [6, 6.07) is 0. The summed E-state index contributed by atoms with van der Waals surface area (Å²) >= 11 is 0. The van der Waals surface area contributed by atoms with E-state index in [1.54, 1.807) is 5.56 Å². The van der Waals surface area contributed by atoms with E-state index in [0.717, 1.165) is 5.92 Å². The maximum Gasteiger partial charge on any atom is 0.0469 e. The molecule has 0 aliphatic heterocycles. The molecule has 16 heavy (non-hydrogen) atoms. The molecule has 0 unspecified atom stereocenters. The maximum absolute atomic E-state index is 4.88. The molecule has 0 atom stereocenters. The van der Waals surface area contributed by atoms with E-state index in [0.29, 0.717) is 0 Å². The molecule has 1 fully saturated rings. The van der Waals surface area contributed by atoms with Crippen molar-refractivity contribution in [2.75, 3.05) is 0 Å². The third kappa shape index (κ3) is 1.88. The second-order valence-corrected chi connectivity index (χ2v) is 4.80. The molecule has 0 saturated heterocycles. The maximum atomic E-state index is 4.88. The molecule has 2 aliphatic rings. The van der Waals surface area contributed by atoms with E-state index < -0.39 is 0 Å². The number of fused-ring (bicyclic) bond motifs is 1. The zero-order valence-electron chi connectivity index (χ0n) is 11.1. The highest BCUT2D eigenvalue weighted by Gasteiger charge is 2.29. The van der Waals surface area contributed by atoms with Gasteiger partial charge in [0, 0.05) is 17.3 Å². The van der Waals surface area contributed by atoms with Gasteiger partial charge >= 0.3 is 0 Å². The number of aromatic nitrogens is 1. The fraction of sp³-hybridized carbons (Fsp3) is 0.667. The topological polar surface area (TPSA) is 12.9 Å². The van der Waals surface area contributed by atoms with Crippen LogP contribution in [0, 0.1) is 13.8 Å². The lowest BCUT2D eigenvalue weighted by Gasteiger charge is -2.12. The van der Waals surface area contributed by atoms with Crippen molar-refractivity contribution in [3.8, 4) is 0 Å². The average molecular weight is 217 g/mol. The average Bonchev–Trinajstić information content (AvgIpc) is 3.05. The first-order chi connectivity index (χ1) is 7.77. The summed E-state index contributed by atoms with van der Waals surface area (Å²) in [4.78, 5) is 4.88. The van der Waals surface area contributed by atoms with Gasteiger partial charge in [0.1, 0.15) is 0 Å². The van der Waals surface area contributed by atoms with Gasteiger partial charge in [-0.15, -0.1) is 0 Å². The minimum Gasteiger partial charge on any atom is -0.257 e. The van der Waals surface area contributed by atoms with Crippen molar-refractivity contribution in [1.29, 1.82) is 0 Å². The van der Waals surface area contributed by atoms with Gasteiger partial charge in [-0.1, -0.05) is 13.8 Å². The Morgan fingerprint density at radius 2 is 1.69 bits per heavy atom. The number of pyridine rings is 1. The molecule has 0 amide bonds. The third-order valence-corrected chi connectivity index (χ3v) is 3.81. The molecule has 1 heteroatoms. The monoisotopic (exact) mass is 217 g/mol. The highest BCUT2D eigenvalue weighted by atomic mass is 14.8. The van der Waals surface area contributed by atoms with E-state index in [4.69, 9.17) is 4.98 Å². The van der Waals surface area contributed by atoms with Crippen molar-refractivity contribution < 1.29 is 0 Å². The van der Waals surface area contributed by atoms with Crippen molar-refractivity contribution in [3.63, 3.8) is 0 Å². The summed E-state index contributed by atoms with van der Waals surface area (Å²) in [5.74, 6) is 0.805. The summed E-state index contributed by atoms with van der Waals surface area (Å²) in [6.45, 7) is 8.54. The molecule has 1 nitrogen and oxygen atoms in total. The molecule has 88 valence electrons. The molecule has 0 spiro atoms. The molecule has 3 rings (SSSR count). The van der Waals surface area contributed by atoms with Gasteiger partial charge in [0.15, 0.2) is 0 Å². The fourth-order valence-corrected chi connectivity index (χ4v) is 2.66. The second-order valence-electron chi connectivity index (χ2n) is 4.80. The Bertz CT molecular complexity index is 389. The van der Waals surface area contributed by atoms with Crippen LogP contribution in [0.5, 0.6) is 0 Å². The number of nitrogens with zero attached hydrogens (tertiary/aromatic N) is 1. The Morgan fingerprint density at radius 3 is 2.31 bits per heavy atom. The zero-order chi connectivity index (χ0) is 11.7. The van der Waals surface area contributed by atoms with Crippen molar-refractivity contribution in [3.05, 3.63) is 28.1 Å². The van der Waals surface area contributed by atoms with Gasteiger partial charge in [-0.25, -0.2) is 0 Å². The van der Waals surface area contributed by atoms with Crippen molar-refractivity contribution in [2.45, 2.75) is 65.7 Å². The lowest BCUT2D eigenvalue weighted by Crippen LogP contribution is -2.01. The largest absolute Gasteiger partial charge is 0.257 e. The summed E-state index contributed by atoms with van der Waals surface area (Å²) < 4.78 is 0. The summed E-state index contributed by atoms with van der Waals surface area (Å²) in [5.41, 5.74) is 7.41. The molecule has 1 heterocycles. The van der Waals surface area contributed by atoms with E-state index in [1.807, 2.05) is 13.8 Å². The summed E-state index contributed by atoms with van der Waals surface area (Å²) in [7, 11) is 0. The van der Waals surface area contributed by atoms with Crippen LogP contribution in [0.25, 0.3) is 0 Å². The Balaban J connectivity index is 0.000000457. The number of rotatable bonds is 1. The molecule has 1 saturated carbocycles. The fourth-order valence-electron chi connectivity index (χ4n) is 2.66. The normalized spacial score (nSPS) is 17.8. The van der Waals surface area contributed by atoms with Crippen molar-refractivity contribution >= 4 is 0 Å². The smallest absolute Gasteiger partial charge is 0.0469 e. The molecule has 0 aromatic carbocycles. The summed E-state index contributed by atoms with van der Waals surface area (Å²) in [5, 5.41) is 0. The molecule has 0 bridgehead atoms. The minimum absolute atomic E-state index is 0.805. The quantitative estimate of drug-likeness (QED) is 0.690. The van der Waals surface area contributed by atoms with E-state index in [2.05, 4.69) is 13.8 Å². The standard InChI is InChI=1S/C13H17N.C2H6/c1-8-9(2)13(10-6-7-10)14-12-5-3-4-11(8)12;1-2/h10H,3-7H2,1-2H3;1-2H3. The predicted octanol–water partition coefficient (Wildman–Crippen LogP) is 4.09. The first kappa shape index (κ1) is 11.6. The third-order valence-electron chi connectivity index (χ3n) is 3.81. The first-order valence-electron chi connectivity index (χ1n) is 6.76. The highest BCUT2D eigenvalue weighted by Crippen LogP contribution is 2.42. The van der Waals surface area contributed by atoms with Gasteiger partial charge in [-0.05, 0) is 62.6 Å². The van der Waals surface area contributed by atoms with Crippen LogP contribution in [-0.2, 0) is 12.8 Å². The molecule has 0 radical (unpaired) electrons. The van der Waals surface area contributed by atoms with Gasteiger partial charge in [0.2, 0.25) is 0 Å². The van der Waals surface area contributed by atoms with Crippen molar-refractivity contribution in [2.24, 2.45) is 0 Å². The van der Waals surface area contributed by atoms with E-state index >= 15 is 0 Å². The Kier molecular flexibility index (Phi) is 3.32. The van der Waals surface area contributed by atoms with Crippen LogP contribution in [0.2, 0.25) is 0 Å². The highest BCUT2D eigenvalue weighted by molar-refractivity contribution is 5.43. The summed E-state index contributed by atoms with van der Waals surface area (Å²) in [6.07, 6.45) is 6.53. The van der Waals surface area contributed by atoms with Crippen LogP contribution in [0.15, 0.2) is 0 Å². The Morgan fingerprint density at radius 1 is 1.00 bits per heavy atom. The molecular weight excluding hydrogens is 194 g/mol. The Hall–Kier alpha value is -0.850. The van der Waals surface area contributed by atoms with Gasteiger partial charge in [-0.3, -0.25) is 4.98 Å². The van der Waals surface area contributed by atoms with Gasteiger partial charge in [0.25, 0.3) is 0 Å². The van der Waals surface area contributed by atoms with Gasteiger partial charge in [0.05, 0.1) is 0 Å². The molecule has 1 aromatic rings. The zero-order valence-corrected chi connectivity index (χ0v) is 11.1. The predicted molar refractivity (Wildman–Crippen MR) is 69.1 cm³/mol. The molecule has 1 aromatic heterocycles.